The van der Waals surface area contributed by atoms with E-state index in [1.54, 1.807) is 17.5 Å². The first kappa shape index (κ1) is 11.0. The first-order valence-electron chi connectivity index (χ1n) is 5.31. The van der Waals surface area contributed by atoms with Gasteiger partial charge in [0.15, 0.2) is 0 Å². The third-order valence-electron chi connectivity index (χ3n) is 2.46. The van der Waals surface area contributed by atoms with E-state index in [0.29, 0.717) is 11.9 Å². The summed E-state index contributed by atoms with van der Waals surface area (Å²) in [6.45, 7) is 2.16. The Morgan fingerprint density at radius 2 is 2.31 bits per heavy atom. The molecule has 0 aromatic carbocycles. The molecule has 2 rings (SSSR count). The van der Waals surface area contributed by atoms with Crippen LogP contribution in [0.5, 0.6) is 0 Å². The van der Waals surface area contributed by atoms with E-state index < -0.39 is 0 Å². The quantitative estimate of drug-likeness (QED) is 0.852. The minimum Gasteiger partial charge on any atom is -0.382 e. The lowest BCUT2D eigenvalue weighted by atomic mass is 10.2. The number of anilines is 2. The molecule has 16 heavy (non-hydrogen) atoms. The molecule has 3 N–H and O–H groups in total. The monoisotopic (exact) mass is 233 g/mol. The molecule has 0 aliphatic rings. The number of thiophene rings is 1. The fourth-order valence-electron chi connectivity index (χ4n) is 1.59. The molecule has 0 aliphatic carbocycles. The van der Waals surface area contributed by atoms with Gasteiger partial charge < -0.3 is 11.1 Å². The second-order valence-corrected chi connectivity index (χ2v) is 4.54. The van der Waals surface area contributed by atoms with Crippen molar-refractivity contribution in [2.45, 2.75) is 19.4 Å². The zero-order valence-corrected chi connectivity index (χ0v) is 10.00. The predicted molar refractivity (Wildman–Crippen MR) is 69.6 cm³/mol. The van der Waals surface area contributed by atoms with E-state index in [1.165, 1.54) is 4.88 Å². The van der Waals surface area contributed by atoms with Gasteiger partial charge in [0, 0.05) is 11.1 Å². The Kier molecular flexibility index (Phi) is 3.41. The molecule has 3 nitrogen and oxygen atoms in total. The first-order valence-corrected chi connectivity index (χ1v) is 6.19. The van der Waals surface area contributed by atoms with E-state index in [2.05, 4.69) is 34.7 Å². The van der Waals surface area contributed by atoms with Crippen molar-refractivity contribution in [2.75, 3.05) is 11.1 Å². The molecule has 0 spiro atoms. The molecule has 84 valence electrons. The van der Waals surface area contributed by atoms with Gasteiger partial charge in [-0.1, -0.05) is 13.0 Å². The maximum atomic E-state index is 5.81. The van der Waals surface area contributed by atoms with Crippen LogP contribution in [0.4, 0.5) is 11.5 Å². The van der Waals surface area contributed by atoms with Crippen LogP contribution in [0.15, 0.2) is 35.8 Å². The Labute approximate surface area is 99.3 Å². The summed E-state index contributed by atoms with van der Waals surface area (Å²) in [5.41, 5.74) is 6.71. The van der Waals surface area contributed by atoms with Crippen molar-refractivity contribution in [3.8, 4) is 0 Å². The minimum absolute atomic E-state index is 0.312. The molecule has 2 heterocycles. The number of hydrogen-bond acceptors (Lipinski definition) is 4. The van der Waals surface area contributed by atoms with Crippen LogP contribution in [0.3, 0.4) is 0 Å². The first-order chi connectivity index (χ1) is 7.81. The Hall–Kier alpha value is -1.55. The maximum absolute atomic E-state index is 5.81. The smallest absolute Gasteiger partial charge is 0.146 e. The summed E-state index contributed by atoms with van der Waals surface area (Å²) in [5.74, 6) is 0.553. The summed E-state index contributed by atoms with van der Waals surface area (Å²) in [5, 5.41) is 5.51. The van der Waals surface area contributed by atoms with Crippen molar-refractivity contribution >= 4 is 22.8 Å². The van der Waals surface area contributed by atoms with Gasteiger partial charge in [0.05, 0.1) is 11.7 Å². The molecule has 0 bridgehead atoms. The van der Waals surface area contributed by atoms with Crippen molar-refractivity contribution in [1.82, 2.24) is 4.98 Å². The number of nitrogens with two attached hydrogens (primary N) is 1. The zero-order valence-electron chi connectivity index (χ0n) is 9.18. The van der Waals surface area contributed by atoms with Gasteiger partial charge in [-0.25, -0.2) is 4.98 Å². The van der Waals surface area contributed by atoms with Crippen molar-refractivity contribution in [3.05, 3.63) is 40.7 Å². The average Bonchev–Trinajstić information content (AvgIpc) is 2.81. The SMILES string of the molecule is CCC(Nc1cccnc1N)c1cccs1. The lowest BCUT2D eigenvalue weighted by Gasteiger charge is -2.17. The van der Waals surface area contributed by atoms with Gasteiger partial charge in [-0.3, -0.25) is 0 Å². The van der Waals surface area contributed by atoms with Crippen molar-refractivity contribution in [3.63, 3.8) is 0 Å². The van der Waals surface area contributed by atoms with Gasteiger partial charge in [0.1, 0.15) is 5.82 Å². The van der Waals surface area contributed by atoms with Crippen LogP contribution in [-0.2, 0) is 0 Å². The van der Waals surface area contributed by atoms with Crippen LogP contribution in [0, 0.1) is 0 Å². The molecule has 0 saturated carbocycles. The summed E-state index contributed by atoms with van der Waals surface area (Å²) in [6, 6.07) is 8.36. The van der Waals surface area contributed by atoms with Gasteiger partial charge in [-0.15, -0.1) is 11.3 Å². The lowest BCUT2D eigenvalue weighted by molar-refractivity contribution is 0.764. The molecule has 0 saturated heterocycles. The van der Waals surface area contributed by atoms with Crippen LogP contribution in [0.2, 0.25) is 0 Å². The van der Waals surface area contributed by atoms with Crippen molar-refractivity contribution < 1.29 is 0 Å². The molecular formula is C12H15N3S. The third kappa shape index (κ3) is 2.33. The van der Waals surface area contributed by atoms with E-state index >= 15 is 0 Å². The van der Waals surface area contributed by atoms with Gasteiger partial charge in [-0.05, 0) is 30.0 Å². The highest BCUT2D eigenvalue weighted by Gasteiger charge is 2.11. The van der Waals surface area contributed by atoms with E-state index in [4.69, 9.17) is 5.73 Å². The van der Waals surface area contributed by atoms with Gasteiger partial charge in [0.25, 0.3) is 0 Å². The second kappa shape index (κ2) is 4.99. The molecule has 2 aromatic rings. The largest absolute Gasteiger partial charge is 0.382 e. The number of aromatic nitrogens is 1. The average molecular weight is 233 g/mol. The maximum Gasteiger partial charge on any atom is 0.146 e. The summed E-state index contributed by atoms with van der Waals surface area (Å²) in [4.78, 5) is 5.39. The molecule has 2 aromatic heterocycles. The van der Waals surface area contributed by atoms with E-state index in [1.807, 2.05) is 12.1 Å². The third-order valence-corrected chi connectivity index (χ3v) is 3.45. The topological polar surface area (TPSA) is 50.9 Å². The van der Waals surface area contributed by atoms with E-state index in [9.17, 15) is 0 Å². The summed E-state index contributed by atoms with van der Waals surface area (Å²) >= 11 is 1.76. The van der Waals surface area contributed by atoms with Crippen LogP contribution in [0.1, 0.15) is 24.3 Å². The summed E-state index contributed by atoms with van der Waals surface area (Å²) in [6.07, 6.45) is 2.72. The van der Waals surface area contributed by atoms with Gasteiger partial charge in [0.2, 0.25) is 0 Å². The molecule has 0 fully saturated rings. The highest BCUT2D eigenvalue weighted by atomic mass is 32.1. The highest BCUT2D eigenvalue weighted by Crippen LogP contribution is 2.27. The fraction of sp³-hybridized carbons (Fsp3) is 0.250. The number of nitrogens with one attached hydrogen (secondary N) is 1. The van der Waals surface area contributed by atoms with Crippen molar-refractivity contribution in [2.24, 2.45) is 0 Å². The zero-order chi connectivity index (χ0) is 11.4. The fourth-order valence-corrected chi connectivity index (χ4v) is 2.45. The number of pyridine rings is 1. The molecular weight excluding hydrogens is 218 g/mol. The number of hydrogen-bond donors (Lipinski definition) is 2. The van der Waals surface area contributed by atoms with Crippen molar-refractivity contribution in [1.29, 1.82) is 0 Å². The molecule has 0 aliphatic heterocycles. The van der Waals surface area contributed by atoms with Crippen LogP contribution < -0.4 is 11.1 Å². The molecule has 0 amide bonds. The van der Waals surface area contributed by atoms with Crippen LogP contribution in [-0.4, -0.2) is 4.98 Å². The predicted octanol–water partition coefficient (Wildman–Crippen LogP) is 3.29. The van der Waals surface area contributed by atoms with E-state index in [0.717, 1.165) is 12.1 Å². The standard InChI is InChI=1S/C12H15N3S/c1-2-9(11-6-4-8-16-11)15-10-5-3-7-14-12(10)13/h3-9,15H,2H2,1H3,(H2,13,14). The summed E-state index contributed by atoms with van der Waals surface area (Å²) in [7, 11) is 0. The van der Waals surface area contributed by atoms with Gasteiger partial charge >= 0.3 is 0 Å². The highest BCUT2D eigenvalue weighted by molar-refractivity contribution is 7.10. The minimum atomic E-state index is 0.312. The lowest BCUT2D eigenvalue weighted by Crippen LogP contribution is -2.10. The molecule has 4 heteroatoms. The second-order valence-electron chi connectivity index (χ2n) is 3.56. The number of nitrogens with zero attached hydrogens (tertiary/aromatic N) is 1. The Morgan fingerprint density at radius 1 is 1.44 bits per heavy atom. The summed E-state index contributed by atoms with van der Waals surface area (Å²) < 4.78 is 0. The number of rotatable bonds is 4. The normalized spacial score (nSPS) is 12.3. The Morgan fingerprint density at radius 3 is 2.94 bits per heavy atom. The molecule has 0 radical (unpaired) electrons. The molecule has 1 atom stereocenters. The number of nitrogen functional groups attached to an aromatic ring is 1. The van der Waals surface area contributed by atoms with Crippen LogP contribution in [0.25, 0.3) is 0 Å². The van der Waals surface area contributed by atoms with Crippen LogP contribution >= 0.6 is 11.3 Å². The molecule has 1 unspecified atom stereocenters. The van der Waals surface area contributed by atoms with E-state index in [-0.39, 0.29) is 0 Å². The Balaban J connectivity index is 2.17. The Bertz CT molecular complexity index is 439. The van der Waals surface area contributed by atoms with Gasteiger partial charge in [-0.2, -0.15) is 0 Å².